The SMILES string of the molecule is O=C(NCCc1ccccc1F)c1cc2ccccc2c(Cl)c1NC(=O)c1cc(C(F)(F)F)nn1-c1ncccc1Cl. The molecule has 0 saturated heterocycles. The Kier molecular flexibility index (Phi) is 8.15. The third-order valence-electron chi connectivity index (χ3n) is 6.28. The maximum Gasteiger partial charge on any atom is 0.435 e. The van der Waals surface area contributed by atoms with Crippen molar-refractivity contribution in [2.24, 2.45) is 0 Å². The Bertz CT molecular complexity index is 1820. The Morgan fingerprint density at radius 1 is 0.929 bits per heavy atom. The minimum Gasteiger partial charge on any atom is -0.352 e. The van der Waals surface area contributed by atoms with E-state index in [4.69, 9.17) is 23.2 Å². The fourth-order valence-corrected chi connectivity index (χ4v) is 4.79. The normalized spacial score (nSPS) is 11.5. The first-order chi connectivity index (χ1) is 20.0. The summed E-state index contributed by atoms with van der Waals surface area (Å²) in [5.74, 6) is -2.34. The molecule has 2 heterocycles. The summed E-state index contributed by atoms with van der Waals surface area (Å²) in [5, 5.41) is 9.68. The van der Waals surface area contributed by atoms with Crippen molar-refractivity contribution in [2.45, 2.75) is 12.6 Å². The zero-order chi connectivity index (χ0) is 30.0. The van der Waals surface area contributed by atoms with E-state index in [-0.39, 0.29) is 40.1 Å². The number of carbonyl (C=O) groups is 2. The van der Waals surface area contributed by atoms with Crippen molar-refractivity contribution >= 4 is 51.5 Å². The number of hydrogen-bond donors (Lipinski definition) is 2. The molecule has 0 unspecified atom stereocenters. The molecule has 2 amide bonds. The van der Waals surface area contributed by atoms with Crippen LogP contribution in [0.4, 0.5) is 23.2 Å². The van der Waals surface area contributed by atoms with Gasteiger partial charge in [0.15, 0.2) is 11.5 Å². The van der Waals surface area contributed by atoms with E-state index < -0.39 is 35.2 Å². The maximum atomic E-state index is 14.0. The van der Waals surface area contributed by atoms with Crippen LogP contribution in [0, 0.1) is 5.82 Å². The highest BCUT2D eigenvalue weighted by molar-refractivity contribution is 6.40. The molecule has 13 heteroatoms. The van der Waals surface area contributed by atoms with Crippen molar-refractivity contribution in [3.8, 4) is 5.82 Å². The van der Waals surface area contributed by atoms with Gasteiger partial charge in [0.1, 0.15) is 11.5 Å². The topological polar surface area (TPSA) is 88.9 Å². The number of amides is 2. The molecule has 0 spiro atoms. The molecule has 0 bridgehead atoms. The van der Waals surface area contributed by atoms with Crippen molar-refractivity contribution in [2.75, 3.05) is 11.9 Å². The van der Waals surface area contributed by atoms with Gasteiger partial charge in [0.25, 0.3) is 11.8 Å². The Balaban J connectivity index is 1.52. The molecule has 0 aliphatic heterocycles. The van der Waals surface area contributed by atoms with E-state index in [0.29, 0.717) is 27.1 Å². The van der Waals surface area contributed by atoms with E-state index in [0.717, 1.165) is 0 Å². The largest absolute Gasteiger partial charge is 0.435 e. The molecule has 0 fully saturated rings. The highest BCUT2D eigenvalue weighted by Gasteiger charge is 2.37. The number of alkyl halides is 3. The lowest BCUT2D eigenvalue weighted by atomic mass is 10.0. The Hall–Kier alpha value is -4.48. The summed E-state index contributed by atoms with van der Waals surface area (Å²) in [6.07, 6.45) is -3.42. The Morgan fingerprint density at radius 3 is 2.40 bits per heavy atom. The van der Waals surface area contributed by atoms with Crippen LogP contribution in [0.25, 0.3) is 16.6 Å². The number of pyridine rings is 1. The van der Waals surface area contributed by atoms with Gasteiger partial charge in [-0.3, -0.25) is 9.59 Å². The Labute approximate surface area is 246 Å². The highest BCUT2D eigenvalue weighted by atomic mass is 35.5. The van der Waals surface area contributed by atoms with Gasteiger partial charge < -0.3 is 10.6 Å². The van der Waals surface area contributed by atoms with Gasteiger partial charge >= 0.3 is 6.18 Å². The Morgan fingerprint density at radius 2 is 1.67 bits per heavy atom. The molecule has 5 aromatic rings. The first-order valence-electron chi connectivity index (χ1n) is 12.4. The zero-order valence-electron chi connectivity index (χ0n) is 21.3. The van der Waals surface area contributed by atoms with Crippen LogP contribution in [0.5, 0.6) is 0 Å². The number of benzene rings is 3. The molecule has 42 heavy (non-hydrogen) atoms. The molecule has 0 radical (unpaired) electrons. The summed E-state index contributed by atoms with van der Waals surface area (Å²) >= 11 is 12.8. The van der Waals surface area contributed by atoms with E-state index in [2.05, 4.69) is 20.7 Å². The first kappa shape index (κ1) is 29.0. The lowest BCUT2D eigenvalue weighted by Crippen LogP contribution is -2.28. The van der Waals surface area contributed by atoms with E-state index in [1.165, 1.54) is 30.5 Å². The average molecular weight is 616 g/mol. The second-order valence-electron chi connectivity index (χ2n) is 9.02. The second-order valence-corrected chi connectivity index (χ2v) is 9.80. The molecule has 214 valence electrons. The number of aromatic nitrogens is 3. The number of rotatable bonds is 7. The first-order valence-corrected chi connectivity index (χ1v) is 13.1. The van der Waals surface area contributed by atoms with Crippen LogP contribution in [0.2, 0.25) is 10.0 Å². The summed E-state index contributed by atoms with van der Waals surface area (Å²) in [6, 6.07) is 17.8. The molecule has 0 saturated carbocycles. The van der Waals surface area contributed by atoms with Crippen LogP contribution in [0.15, 0.2) is 79.0 Å². The summed E-state index contributed by atoms with van der Waals surface area (Å²) in [4.78, 5) is 30.8. The third kappa shape index (κ3) is 5.93. The van der Waals surface area contributed by atoms with Crippen molar-refractivity contribution < 1.29 is 27.2 Å². The van der Waals surface area contributed by atoms with E-state index in [1.807, 2.05) is 0 Å². The lowest BCUT2D eigenvalue weighted by Gasteiger charge is -2.16. The van der Waals surface area contributed by atoms with Gasteiger partial charge in [-0.2, -0.15) is 18.3 Å². The molecule has 0 aliphatic carbocycles. The number of carbonyl (C=O) groups excluding carboxylic acids is 2. The van der Waals surface area contributed by atoms with E-state index in [1.54, 1.807) is 42.5 Å². The lowest BCUT2D eigenvalue weighted by molar-refractivity contribution is -0.141. The number of hydrogen-bond acceptors (Lipinski definition) is 4. The van der Waals surface area contributed by atoms with Crippen LogP contribution in [0.1, 0.15) is 32.1 Å². The smallest absolute Gasteiger partial charge is 0.352 e. The molecule has 0 atom stereocenters. The molecule has 0 aliphatic rings. The van der Waals surface area contributed by atoms with Gasteiger partial charge in [0.2, 0.25) is 0 Å². The predicted molar refractivity (Wildman–Crippen MR) is 151 cm³/mol. The van der Waals surface area contributed by atoms with E-state index >= 15 is 0 Å². The number of nitrogens with zero attached hydrogens (tertiary/aromatic N) is 3. The number of halogens is 6. The zero-order valence-corrected chi connectivity index (χ0v) is 22.9. The quantitative estimate of drug-likeness (QED) is 0.191. The fourth-order valence-electron chi connectivity index (χ4n) is 4.27. The maximum absolute atomic E-state index is 14.0. The molecule has 7 nitrogen and oxygen atoms in total. The monoisotopic (exact) mass is 615 g/mol. The standard InChI is InChI=1S/C29H19Cl2F4N5O2/c30-20-9-5-12-36-26(20)40-22(15-23(39-40)29(33,34)35)28(42)38-25-19(14-17-7-1-3-8-18(17)24(25)31)27(41)37-13-11-16-6-2-4-10-21(16)32/h1-10,12,14-15H,11,13H2,(H,37,41)(H,38,42). The number of nitrogens with one attached hydrogen (secondary N) is 2. The van der Waals surface area contributed by atoms with Gasteiger partial charge in [-0.1, -0.05) is 65.7 Å². The van der Waals surface area contributed by atoms with Crippen LogP contribution in [0.3, 0.4) is 0 Å². The minimum absolute atomic E-state index is 0.0151. The summed E-state index contributed by atoms with van der Waals surface area (Å²) < 4.78 is 55.5. The summed E-state index contributed by atoms with van der Waals surface area (Å²) in [7, 11) is 0. The molecule has 2 N–H and O–H groups in total. The van der Waals surface area contributed by atoms with Gasteiger partial charge in [-0.25, -0.2) is 14.1 Å². The van der Waals surface area contributed by atoms with Crippen LogP contribution < -0.4 is 10.6 Å². The molecule has 5 rings (SSSR count). The second kappa shape index (κ2) is 11.8. The minimum atomic E-state index is -4.88. The molecule has 2 aromatic heterocycles. The summed E-state index contributed by atoms with van der Waals surface area (Å²) in [6.45, 7) is 0.0531. The van der Waals surface area contributed by atoms with Crippen molar-refractivity contribution in [1.82, 2.24) is 20.1 Å². The summed E-state index contributed by atoms with van der Waals surface area (Å²) in [5.41, 5.74) is -1.72. The highest BCUT2D eigenvalue weighted by Crippen LogP contribution is 2.36. The van der Waals surface area contributed by atoms with Crippen LogP contribution in [-0.4, -0.2) is 33.1 Å². The van der Waals surface area contributed by atoms with Gasteiger partial charge in [-0.05, 0) is 41.6 Å². The van der Waals surface area contributed by atoms with Gasteiger partial charge in [0.05, 0.1) is 21.3 Å². The van der Waals surface area contributed by atoms with Gasteiger partial charge in [0, 0.05) is 24.2 Å². The van der Waals surface area contributed by atoms with E-state index in [9.17, 15) is 27.2 Å². The predicted octanol–water partition coefficient (Wildman–Crippen LogP) is 7.11. The third-order valence-corrected chi connectivity index (χ3v) is 6.97. The molecular formula is C29H19Cl2F4N5O2. The van der Waals surface area contributed by atoms with Crippen molar-refractivity contribution in [1.29, 1.82) is 0 Å². The van der Waals surface area contributed by atoms with Crippen molar-refractivity contribution in [3.63, 3.8) is 0 Å². The molecule has 3 aromatic carbocycles. The van der Waals surface area contributed by atoms with Crippen LogP contribution in [-0.2, 0) is 12.6 Å². The van der Waals surface area contributed by atoms with Crippen molar-refractivity contribution in [3.05, 3.63) is 117 Å². The fraction of sp³-hybridized carbons (Fsp3) is 0.103. The molecular weight excluding hydrogens is 597 g/mol. The van der Waals surface area contributed by atoms with Gasteiger partial charge in [-0.15, -0.1) is 0 Å². The average Bonchev–Trinajstić information content (AvgIpc) is 3.42. The van der Waals surface area contributed by atoms with Crippen LogP contribution >= 0.6 is 23.2 Å². The number of fused-ring (bicyclic) bond motifs is 1. The number of anilines is 1.